The SMILES string of the molecule is Cc1cccc(C)c1NC(=O)COc1ccc(-c2ccccc2)cc1Br. The van der Waals surface area contributed by atoms with Crippen molar-refractivity contribution in [2.75, 3.05) is 11.9 Å². The lowest BCUT2D eigenvalue weighted by atomic mass is 10.1. The molecule has 3 aromatic rings. The van der Waals surface area contributed by atoms with Gasteiger partial charge in [-0.05, 0) is 64.2 Å². The van der Waals surface area contributed by atoms with E-state index in [1.165, 1.54) is 0 Å². The Balaban J connectivity index is 1.65. The van der Waals surface area contributed by atoms with Gasteiger partial charge >= 0.3 is 0 Å². The molecule has 1 amide bonds. The first kappa shape index (κ1) is 18.2. The largest absolute Gasteiger partial charge is 0.483 e. The lowest BCUT2D eigenvalue weighted by molar-refractivity contribution is -0.118. The third-order valence-electron chi connectivity index (χ3n) is 4.14. The number of hydrogen-bond acceptors (Lipinski definition) is 2. The van der Waals surface area contributed by atoms with Crippen molar-refractivity contribution >= 4 is 27.5 Å². The van der Waals surface area contributed by atoms with E-state index in [9.17, 15) is 4.79 Å². The molecule has 0 atom stereocenters. The average molecular weight is 410 g/mol. The summed E-state index contributed by atoms with van der Waals surface area (Å²) in [5, 5.41) is 2.93. The Bertz CT molecular complexity index is 902. The van der Waals surface area contributed by atoms with Crippen LogP contribution < -0.4 is 10.1 Å². The number of benzene rings is 3. The van der Waals surface area contributed by atoms with Crippen molar-refractivity contribution in [2.24, 2.45) is 0 Å². The van der Waals surface area contributed by atoms with Crippen molar-refractivity contribution in [1.82, 2.24) is 0 Å². The quantitative estimate of drug-likeness (QED) is 0.582. The minimum Gasteiger partial charge on any atom is -0.483 e. The zero-order valence-electron chi connectivity index (χ0n) is 14.8. The summed E-state index contributed by atoms with van der Waals surface area (Å²) in [6, 6.07) is 21.9. The molecule has 0 spiro atoms. The molecule has 0 aliphatic heterocycles. The number of halogens is 1. The molecule has 0 aromatic heterocycles. The third-order valence-corrected chi connectivity index (χ3v) is 4.76. The van der Waals surface area contributed by atoms with Crippen LogP contribution in [0.2, 0.25) is 0 Å². The van der Waals surface area contributed by atoms with E-state index in [4.69, 9.17) is 4.74 Å². The van der Waals surface area contributed by atoms with E-state index in [1.807, 2.05) is 68.4 Å². The smallest absolute Gasteiger partial charge is 0.262 e. The van der Waals surface area contributed by atoms with Gasteiger partial charge < -0.3 is 10.1 Å². The Hall–Kier alpha value is -2.59. The Kier molecular flexibility index (Phi) is 5.74. The maximum Gasteiger partial charge on any atom is 0.262 e. The lowest BCUT2D eigenvalue weighted by Gasteiger charge is -2.13. The minimum atomic E-state index is -0.179. The van der Waals surface area contributed by atoms with Crippen molar-refractivity contribution in [3.05, 3.63) is 82.3 Å². The summed E-state index contributed by atoms with van der Waals surface area (Å²) in [5.74, 6) is 0.461. The van der Waals surface area contributed by atoms with Gasteiger partial charge in [0.1, 0.15) is 5.75 Å². The monoisotopic (exact) mass is 409 g/mol. The second kappa shape index (κ2) is 8.19. The van der Waals surface area contributed by atoms with E-state index >= 15 is 0 Å². The van der Waals surface area contributed by atoms with Gasteiger partial charge in [-0.2, -0.15) is 0 Å². The van der Waals surface area contributed by atoms with Crippen LogP contribution in [0.5, 0.6) is 5.75 Å². The molecule has 0 radical (unpaired) electrons. The number of para-hydroxylation sites is 1. The molecule has 0 fully saturated rings. The van der Waals surface area contributed by atoms with Crippen molar-refractivity contribution < 1.29 is 9.53 Å². The highest BCUT2D eigenvalue weighted by Crippen LogP contribution is 2.30. The van der Waals surface area contributed by atoms with E-state index in [-0.39, 0.29) is 12.5 Å². The van der Waals surface area contributed by atoms with Gasteiger partial charge in [-0.3, -0.25) is 4.79 Å². The highest BCUT2D eigenvalue weighted by molar-refractivity contribution is 9.10. The highest BCUT2D eigenvalue weighted by atomic mass is 79.9. The van der Waals surface area contributed by atoms with Crippen LogP contribution in [0.15, 0.2) is 71.2 Å². The number of aryl methyl sites for hydroxylation is 2. The fraction of sp³-hybridized carbons (Fsp3) is 0.136. The van der Waals surface area contributed by atoms with Crippen molar-refractivity contribution in [1.29, 1.82) is 0 Å². The first-order valence-electron chi connectivity index (χ1n) is 8.38. The van der Waals surface area contributed by atoms with Crippen molar-refractivity contribution in [3.8, 4) is 16.9 Å². The highest BCUT2D eigenvalue weighted by Gasteiger charge is 2.10. The summed E-state index contributed by atoms with van der Waals surface area (Å²) in [5.41, 5.74) is 5.13. The maximum atomic E-state index is 12.2. The summed E-state index contributed by atoms with van der Waals surface area (Å²) in [7, 11) is 0. The number of anilines is 1. The zero-order valence-corrected chi connectivity index (χ0v) is 16.3. The predicted octanol–water partition coefficient (Wildman–Crippen LogP) is 5.75. The van der Waals surface area contributed by atoms with Crippen LogP contribution in [-0.4, -0.2) is 12.5 Å². The van der Waals surface area contributed by atoms with E-state index in [2.05, 4.69) is 33.4 Å². The zero-order chi connectivity index (χ0) is 18.5. The summed E-state index contributed by atoms with van der Waals surface area (Å²) in [6.07, 6.45) is 0. The molecule has 132 valence electrons. The van der Waals surface area contributed by atoms with Gasteiger partial charge in [0.25, 0.3) is 5.91 Å². The number of amides is 1. The van der Waals surface area contributed by atoms with Crippen LogP contribution in [0.25, 0.3) is 11.1 Å². The number of rotatable bonds is 5. The molecule has 3 aromatic carbocycles. The lowest BCUT2D eigenvalue weighted by Crippen LogP contribution is -2.21. The number of nitrogens with one attached hydrogen (secondary N) is 1. The number of ether oxygens (including phenoxy) is 1. The first-order chi connectivity index (χ1) is 12.5. The summed E-state index contributed by atoms with van der Waals surface area (Å²) >= 11 is 3.53. The normalized spacial score (nSPS) is 10.4. The van der Waals surface area contributed by atoms with Gasteiger partial charge in [-0.1, -0.05) is 54.6 Å². The number of carbonyl (C=O) groups is 1. The summed E-state index contributed by atoms with van der Waals surface area (Å²) in [6.45, 7) is 3.90. The summed E-state index contributed by atoms with van der Waals surface area (Å²) in [4.78, 5) is 12.2. The number of hydrogen-bond donors (Lipinski definition) is 1. The van der Waals surface area contributed by atoms with E-state index < -0.39 is 0 Å². The Morgan fingerprint density at radius 1 is 0.923 bits per heavy atom. The Morgan fingerprint density at radius 3 is 2.27 bits per heavy atom. The second-order valence-electron chi connectivity index (χ2n) is 6.11. The van der Waals surface area contributed by atoms with Crippen LogP contribution in [0.4, 0.5) is 5.69 Å². The van der Waals surface area contributed by atoms with Gasteiger partial charge in [-0.25, -0.2) is 0 Å². The second-order valence-corrected chi connectivity index (χ2v) is 6.97. The van der Waals surface area contributed by atoms with E-state index in [0.29, 0.717) is 5.75 Å². The maximum absolute atomic E-state index is 12.2. The molecule has 0 saturated heterocycles. The van der Waals surface area contributed by atoms with Crippen LogP contribution in [0, 0.1) is 13.8 Å². The standard InChI is InChI=1S/C22H20BrNO2/c1-15-7-6-8-16(2)22(15)24-21(25)14-26-20-12-11-18(13-19(20)23)17-9-4-3-5-10-17/h3-13H,14H2,1-2H3,(H,24,25). The van der Waals surface area contributed by atoms with Gasteiger partial charge in [0.2, 0.25) is 0 Å². The van der Waals surface area contributed by atoms with E-state index in [1.54, 1.807) is 0 Å². The Labute approximate surface area is 162 Å². The topological polar surface area (TPSA) is 38.3 Å². The molecule has 26 heavy (non-hydrogen) atoms. The van der Waals surface area contributed by atoms with Gasteiger partial charge in [0.15, 0.2) is 6.61 Å². The molecule has 4 heteroatoms. The fourth-order valence-corrected chi connectivity index (χ4v) is 3.25. The number of carbonyl (C=O) groups excluding carboxylic acids is 1. The van der Waals surface area contributed by atoms with Crippen LogP contribution in [0.1, 0.15) is 11.1 Å². The van der Waals surface area contributed by atoms with Gasteiger partial charge in [0, 0.05) is 5.69 Å². The molecule has 0 unspecified atom stereocenters. The van der Waals surface area contributed by atoms with E-state index in [0.717, 1.165) is 32.4 Å². The molecular weight excluding hydrogens is 390 g/mol. The first-order valence-corrected chi connectivity index (χ1v) is 9.18. The van der Waals surface area contributed by atoms with Gasteiger partial charge in [0.05, 0.1) is 4.47 Å². The average Bonchev–Trinajstić information content (AvgIpc) is 2.64. The van der Waals surface area contributed by atoms with Crippen molar-refractivity contribution in [3.63, 3.8) is 0 Å². The summed E-state index contributed by atoms with van der Waals surface area (Å²) < 4.78 is 6.50. The van der Waals surface area contributed by atoms with Crippen LogP contribution in [-0.2, 0) is 4.79 Å². The molecule has 0 saturated carbocycles. The van der Waals surface area contributed by atoms with Gasteiger partial charge in [-0.15, -0.1) is 0 Å². The molecule has 0 bridgehead atoms. The Morgan fingerprint density at radius 2 is 1.62 bits per heavy atom. The molecule has 3 nitrogen and oxygen atoms in total. The molecular formula is C22H20BrNO2. The van der Waals surface area contributed by atoms with Crippen molar-refractivity contribution in [2.45, 2.75) is 13.8 Å². The fourth-order valence-electron chi connectivity index (χ4n) is 2.76. The van der Waals surface area contributed by atoms with Crippen LogP contribution >= 0.6 is 15.9 Å². The predicted molar refractivity (Wildman–Crippen MR) is 110 cm³/mol. The molecule has 0 aliphatic rings. The van der Waals surface area contributed by atoms with Crippen LogP contribution in [0.3, 0.4) is 0 Å². The molecule has 0 aliphatic carbocycles. The molecule has 0 heterocycles. The molecule has 1 N–H and O–H groups in total. The molecule has 3 rings (SSSR count). The minimum absolute atomic E-state index is 0.0446. The third kappa shape index (κ3) is 4.33.